The molecule has 0 spiro atoms. The number of halogens is 12. The van der Waals surface area contributed by atoms with E-state index in [4.69, 9.17) is 139 Å². The highest BCUT2D eigenvalue weighted by atomic mass is 35.5. The minimum atomic E-state index is -1.67. The molecule has 212 valence electrons. The molecule has 0 aliphatic heterocycles. The molecule has 0 fully saturated rings. The van der Waals surface area contributed by atoms with Crippen LogP contribution in [-0.4, -0.2) is 33.2 Å². The van der Waals surface area contributed by atoms with Gasteiger partial charge in [-0.2, -0.15) is 0 Å². The molecule has 0 aliphatic carbocycles. The summed E-state index contributed by atoms with van der Waals surface area (Å²) in [4.78, 5) is 35.4. The first-order valence-electron chi connectivity index (χ1n) is 9.67. The molecule has 0 aromatic heterocycles. The third kappa shape index (κ3) is 5.49. The average Bonchev–Trinajstić information content (AvgIpc) is 2.85. The Morgan fingerprint density at radius 1 is 0.350 bits per heavy atom. The van der Waals surface area contributed by atoms with E-state index in [1.165, 1.54) is 0 Å². The lowest BCUT2D eigenvalue weighted by atomic mass is 9.83. The second-order valence-electron chi connectivity index (χ2n) is 7.48. The van der Waals surface area contributed by atoms with Crippen molar-refractivity contribution in [2.45, 2.75) is 5.92 Å². The maximum absolute atomic E-state index is 11.8. The molecule has 0 heterocycles. The van der Waals surface area contributed by atoms with Crippen LogP contribution < -0.4 is 0 Å². The Bertz CT molecular complexity index is 1390. The Morgan fingerprint density at radius 2 is 0.500 bits per heavy atom. The molecule has 3 aromatic carbocycles. The standard InChI is InChI=1S/C22H4Cl12O6/c23-8-2(9(24)15(30)5(14(8)29)20(35)36)1(3-10(25)16(31)6(21(37)38)17(32)11(3)26)4-12(27)18(33)7(22(39)40)19(34)13(4)28/h1H,(H,35,36)(H,37,38)(H,39,40). The lowest BCUT2D eigenvalue weighted by molar-refractivity contribution is 0.0686. The molecule has 0 saturated carbocycles. The van der Waals surface area contributed by atoms with Crippen molar-refractivity contribution in [3.8, 4) is 0 Å². The van der Waals surface area contributed by atoms with Crippen LogP contribution in [0.25, 0.3) is 0 Å². The van der Waals surface area contributed by atoms with Crippen LogP contribution in [0.15, 0.2) is 0 Å². The maximum Gasteiger partial charge on any atom is 0.338 e. The molecule has 40 heavy (non-hydrogen) atoms. The number of carboxylic acids is 3. The molecule has 6 nitrogen and oxygen atoms in total. The first-order chi connectivity index (χ1) is 18.4. The van der Waals surface area contributed by atoms with Gasteiger partial charge in [-0.05, 0) is 0 Å². The summed E-state index contributed by atoms with van der Waals surface area (Å²) in [5, 5.41) is 22.1. The molecule has 0 amide bonds. The zero-order valence-electron chi connectivity index (χ0n) is 18.2. The van der Waals surface area contributed by atoms with E-state index in [-0.39, 0.29) is 16.7 Å². The fourth-order valence-corrected chi connectivity index (χ4v) is 7.44. The number of aromatic carboxylic acids is 3. The van der Waals surface area contributed by atoms with E-state index in [0.29, 0.717) is 0 Å². The lowest BCUT2D eigenvalue weighted by Gasteiger charge is -2.28. The summed E-state index contributed by atoms with van der Waals surface area (Å²) in [5.41, 5.74) is -3.02. The van der Waals surface area contributed by atoms with Gasteiger partial charge >= 0.3 is 17.9 Å². The number of carbonyl (C=O) groups is 3. The van der Waals surface area contributed by atoms with Gasteiger partial charge in [0.1, 0.15) is 0 Å². The van der Waals surface area contributed by atoms with E-state index in [2.05, 4.69) is 0 Å². The molecule has 0 bridgehead atoms. The maximum atomic E-state index is 11.8. The Morgan fingerprint density at radius 3 is 0.625 bits per heavy atom. The monoisotopic (exact) mass is 784 g/mol. The lowest BCUT2D eigenvalue weighted by Crippen LogP contribution is -2.14. The summed E-state index contributed by atoms with van der Waals surface area (Å²) in [5.74, 6) is -6.46. The van der Waals surface area contributed by atoms with E-state index in [1.54, 1.807) is 0 Å². The van der Waals surface area contributed by atoms with Crippen LogP contribution in [-0.2, 0) is 0 Å². The van der Waals surface area contributed by atoms with Crippen molar-refractivity contribution >= 4 is 157 Å². The molecule has 0 atom stereocenters. The number of rotatable bonds is 6. The predicted molar refractivity (Wildman–Crippen MR) is 161 cm³/mol. The Hall–Kier alpha value is -0.450. The molecular weight excluding hydrogens is 786 g/mol. The van der Waals surface area contributed by atoms with Crippen LogP contribution in [0.4, 0.5) is 0 Å². The van der Waals surface area contributed by atoms with E-state index < -0.39 is 101 Å². The first kappa shape index (κ1) is 34.0. The number of hydrogen-bond acceptors (Lipinski definition) is 3. The molecule has 0 radical (unpaired) electrons. The SMILES string of the molecule is O=C(O)c1c(Cl)c(Cl)c(C(c2c(Cl)c(Cl)c(C(=O)O)c(Cl)c2Cl)c2c(Cl)c(Cl)c(C(=O)O)c(Cl)c2Cl)c(Cl)c1Cl. The summed E-state index contributed by atoms with van der Waals surface area (Å²) < 4.78 is 0. The minimum Gasteiger partial charge on any atom is -0.478 e. The zero-order chi connectivity index (χ0) is 30.7. The normalized spacial score (nSPS) is 11.3. The van der Waals surface area contributed by atoms with Crippen molar-refractivity contribution in [2.75, 3.05) is 0 Å². The van der Waals surface area contributed by atoms with Gasteiger partial charge in [-0.25, -0.2) is 14.4 Å². The predicted octanol–water partition coefficient (Wildman–Crippen LogP) is 11.8. The smallest absolute Gasteiger partial charge is 0.338 e. The Balaban J connectivity index is 2.73. The van der Waals surface area contributed by atoms with Crippen molar-refractivity contribution < 1.29 is 29.7 Å². The van der Waals surface area contributed by atoms with Gasteiger partial charge in [0, 0.05) is 22.6 Å². The molecule has 0 unspecified atom stereocenters. The quantitative estimate of drug-likeness (QED) is 0.169. The molecule has 0 saturated heterocycles. The van der Waals surface area contributed by atoms with Crippen LogP contribution in [0.5, 0.6) is 0 Å². The highest BCUT2D eigenvalue weighted by Gasteiger charge is 2.39. The molecule has 3 N–H and O–H groups in total. The van der Waals surface area contributed by atoms with Gasteiger partial charge in [0.15, 0.2) is 0 Å². The molecule has 3 aromatic rings. The third-order valence-corrected chi connectivity index (χ3v) is 10.6. The molecule has 0 aliphatic rings. The van der Waals surface area contributed by atoms with E-state index in [1.807, 2.05) is 0 Å². The van der Waals surface area contributed by atoms with Crippen LogP contribution in [0.1, 0.15) is 53.7 Å². The number of carboxylic acid groups (broad SMARTS) is 3. The minimum absolute atomic E-state index is 0.332. The highest BCUT2D eigenvalue weighted by Crippen LogP contribution is 2.57. The van der Waals surface area contributed by atoms with Crippen LogP contribution in [0.3, 0.4) is 0 Å². The van der Waals surface area contributed by atoms with Crippen molar-refractivity contribution in [1.29, 1.82) is 0 Å². The van der Waals surface area contributed by atoms with Crippen LogP contribution >= 0.6 is 139 Å². The summed E-state index contributed by atoms with van der Waals surface area (Å²) in [6, 6.07) is 0. The van der Waals surface area contributed by atoms with Gasteiger partial charge < -0.3 is 15.3 Å². The summed E-state index contributed by atoms with van der Waals surface area (Å²) in [6.07, 6.45) is 0. The summed E-state index contributed by atoms with van der Waals surface area (Å²) in [6.45, 7) is 0. The Labute approximate surface area is 284 Å². The van der Waals surface area contributed by atoms with E-state index in [0.717, 1.165) is 0 Å². The van der Waals surface area contributed by atoms with Gasteiger partial charge in [0.05, 0.1) is 77.0 Å². The van der Waals surface area contributed by atoms with Crippen LogP contribution in [0, 0.1) is 0 Å². The van der Waals surface area contributed by atoms with Gasteiger partial charge in [0.2, 0.25) is 0 Å². The summed E-state index contributed by atoms with van der Waals surface area (Å²) in [7, 11) is 0. The molecule has 18 heteroatoms. The van der Waals surface area contributed by atoms with Gasteiger partial charge in [-0.3, -0.25) is 0 Å². The molecular formula is C22H4Cl12O6. The van der Waals surface area contributed by atoms with E-state index in [9.17, 15) is 29.7 Å². The Kier molecular flexibility index (Phi) is 10.8. The van der Waals surface area contributed by atoms with E-state index >= 15 is 0 Å². The zero-order valence-corrected chi connectivity index (χ0v) is 27.3. The second kappa shape index (κ2) is 12.7. The van der Waals surface area contributed by atoms with Crippen LogP contribution in [0.2, 0.25) is 60.3 Å². The number of benzene rings is 3. The average molecular weight is 790 g/mol. The highest BCUT2D eigenvalue weighted by molar-refractivity contribution is 6.54. The second-order valence-corrected chi connectivity index (χ2v) is 12.0. The van der Waals surface area contributed by atoms with Crippen molar-refractivity contribution in [3.63, 3.8) is 0 Å². The van der Waals surface area contributed by atoms with Crippen molar-refractivity contribution in [1.82, 2.24) is 0 Å². The first-order valence-corrected chi connectivity index (χ1v) is 14.2. The fourth-order valence-electron chi connectivity index (χ4n) is 3.70. The largest absolute Gasteiger partial charge is 0.478 e. The van der Waals surface area contributed by atoms with Gasteiger partial charge in [0.25, 0.3) is 0 Å². The molecule has 3 rings (SSSR count). The summed E-state index contributed by atoms with van der Waals surface area (Å²) >= 11 is 76.7. The van der Waals surface area contributed by atoms with Gasteiger partial charge in [-0.15, -0.1) is 0 Å². The van der Waals surface area contributed by atoms with Crippen molar-refractivity contribution in [2.24, 2.45) is 0 Å². The topological polar surface area (TPSA) is 112 Å². The number of hydrogen-bond donors (Lipinski definition) is 3. The fraction of sp³-hybridized carbons (Fsp3) is 0.0455. The van der Waals surface area contributed by atoms with Gasteiger partial charge in [-0.1, -0.05) is 139 Å². The van der Waals surface area contributed by atoms with Crippen molar-refractivity contribution in [3.05, 3.63) is 93.7 Å². The third-order valence-electron chi connectivity index (χ3n) is 5.40.